The van der Waals surface area contributed by atoms with E-state index >= 15 is 0 Å². The van der Waals surface area contributed by atoms with E-state index in [4.69, 9.17) is 4.74 Å². The zero-order valence-corrected chi connectivity index (χ0v) is 10.0. The van der Waals surface area contributed by atoms with Crippen LogP contribution in [0, 0.1) is 23.2 Å². The summed E-state index contributed by atoms with van der Waals surface area (Å²) in [5, 5.41) is 0. The summed E-state index contributed by atoms with van der Waals surface area (Å²) in [4.78, 5) is 0. The highest BCUT2D eigenvalue weighted by Crippen LogP contribution is 2.73. The minimum atomic E-state index is 0.484. The van der Waals surface area contributed by atoms with E-state index in [-0.39, 0.29) is 0 Å². The van der Waals surface area contributed by atoms with Crippen molar-refractivity contribution >= 4 is 0 Å². The topological polar surface area (TPSA) is 9.23 Å². The Balaban J connectivity index is 1.89. The van der Waals surface area contributed by atoms with Gasteiger partial charge in [-0.05, 0) is 30.6 Å². The van der Waals surface area contributed by atoms with Gasteiger partial charge in [-0.3, -0.25) is 0 Å². The van der Waals surface area contributed by atoms with Gasteiger partial charge in [-0.2, -0.15) is 6.08 Å². The standard InChI is InChI=1S/C14H21O/c1-4-5-11-8-10-9-13(2)7-6-12(15-11)14(10,13)3/h4-5,10,12H,6-9H2,1-3H3/q-1/b11-5-. The molecule has 2 aliphatic carbocycles. The Hall–Kier alpha value is -0.590. The van der Waals surface area contributed by atoms with Gasteiger partial charge in [0.05, 0.1) is 6.10 Å². The molecule has 0 aromatic rings. The summed E-state index contributed by atoms with van der Waals surface area (Å²) in [6.45, 7) is 7.00. The number of hydrogen-bond donors (Lipinski definition) is 0. The second-order valence-electron chi connectivity index (χ2n) is 6.06. The van der Waals surface area contributed by atoms with E-state index in [9.17, 15) is 0 Å². The van der Waals surface area contributed by atoms with Crippen molar-refractivity contribution in [1.82, 2.24) is 0 Å². The molecule has 2 saturated carbocycles. The van der Waals surface area contributed by atoms with Gasteiger partial charge in [0, 0.05) is 5.41 Å². The van der Waals surface area contributed by atoms with E-state index in [0.29, 0.717) is 16.9 Å². The first-order valence-corrected chi connectivity index (χ1v) is 6.25. The van der Waals surface area contributed by atoms with Crippen molar-refractivity contribution in [3.63, 3.8) is 0 Å². The lowest BCUT2D eigenvalue weighted by atomic mass is 9.44. The Labute approximate surface area is 92.9 Å². The van der Waals surface area contributed by atoms with Crippen molar-refractivity contribution in [3.8, 4) is 0 Å². The summed E-state index contributed by atoms with van der Waals surface area (Å²) >= 11 is 0. The van der Waals surface area contributed by atoms with Crippen molar-refractivity contribution in [1.29, 1.82) is 0 Å². The monoisotopic (exact) mass is 205 g/mol. The molecule has 0 radical (unpaired) electrons. The van der Waals surface area contributed by atoms with Crippen molar-refractivity contribution in [2.24, 2.45) is 16.7 Å². The zero-order valence-electron chi connectivity index (χ0n) is 10.0. The second-order valence-corrected chi connectivity index (χ2v) is 6.06. The van der Waals surface area contributed by atoms with Gasteiger partial charge in [-0.25, -0.2) is 6.42 Å². The van der Waals surface area contributed by atoms with Gasteiger partial charge >= 0.3 is 0 Å². The SMILES string of the molecule is C[CH-]/C=C1/CC2CC3(C)CCC(O1)C23C. The molecule has 0 bridgehead atoms. The molecule has 0 N–H and O–H groups in total. The molecule has 1 heteroatoms. The van der Waals surface area contributed by atoms with E-state index < -0.39 is 0 Å². The van der Waals surface area contributed by atoms with Gasteiger partial charge in [-0.1, -0.05) is 26.0 Å². The molecule has 3 rings (SSSR count). The molecule has 1 saturated heterocycles. The second kappa shape index (κ2) is 2.75. The lowest BCUT2D eigenvalue weighted by molar-refractivity contribution is -0.184. The van der Waals surface area contributed by atoms with Crippen molar-refractivity contribution < 1.29 is 4.74 Å². The highest BCUT2D eigenvalue weighted by Gasteiger charge is 2.67. The Bertz CT molecular complexity index is 319. The van der Waals surface area contributed by atoms with E-state index in [2.05, 4.69) is 33.3 Å². The zero-order chi connectivity index (χ0) is 10.7. The maximum absolute atomic E-state index is 6.15. The molecule has 1 nitrogen and oxygen atoms in total. The van der Waals surface area contributed by atoms with Crippen LogP contribution in [-0.4, -0.2) is 6.10 Å². The van der Waals surface area contributed by atoms with Crippen LogP contribution in [0.3, 0.4) is 0 Å². The molecule has 0 amide bonds. The molecule has 15 heavy (non-hydrogen) atoms. The molecule has 0 aromatic heterocycles. The maximum Gasteiger partial charge on any atom is 0.0812 e. The molecule has 1 aliphatic heterocycles. The van der Waals surface area contributed by atoms with E-state index in [0.717, 1.165) is 5.92 Å². The normalized spacial score (nSPS) is 54.5. The minimum absolute atomic E-state index is 0.484. The quantitative estimate of drug-likeness (QED) is 0.593. The molecule has 0 spiro atoms. The van der Waals surface area contributed by atoms with Crippen LogP contribution >= 0.6 is 0 Å². The third kappa shape index (κ3) is 0.971. The van der Waals surface area contributed by atoms with Gasteiger partial charge < -0.3 is 4.74 Å². The van der Waals surface area contributed by atoms with Crippen LogP contribution in [0.1, 0.15) is 46.5 Å². The first kappa shape index (κ1) is 9.62. The maximum atomic E-state index is 6.15. The average Bonchev–Trinajstić information content (AvgIpc) is 2.44. The molecule has 1 heterocycles. The summed E-state index contributed by atoms with van der Waals surface area (Å²) in [6, 6.07) is 0. The van der Waals surface area contributed by atoms with E-state index in [1.807, 2.05) is 0 Å². The summed E-state index contributed by atoms with van der Waals surface area (Å²) in [5.74, 6) is 2.11. The number of hydrogen-bond acceptors (Lipinski definition) is 1. The average molecular weight is 205 g/mol. The first-order chi connectivity index (χ1) is 7.10. The summed E-state index contributed by atoms with van der Waals surface area (Å²) in [5.41, 5.74) is 1.07. The van der Waals surface area contributed by atoms with Crippen molar-refractivity contribution in [3.05, 3.63) is 18.3 Å². The third-order valence-electron chi connectivity index (χ3n) is 5.57. The van der Waals surface area contributed by atoms with Crippen LogP contribution in [-0.2, 0) is 4.74 Å². The van der Waals surface area contributed by atoms with Crippen molar-refractivity contribution in [2.45, 2.75) is 52.6 Å². The van der Waals surface area contributed by atoms with E-state index in [1.54, 1.807) is 0 Å². The Morgan fingerprint density at radius 2 is 2.27 bits per heavy atom. The highest BCUT2D eigenvalue weighted by atomic mass is 16.5. The number of rotatable bonds is 1. The lowest BCUT2D eigenvalue weighted by Crippen LogP contribution is -2.59. The molecule has 3 aliphatic rings. The number of ether oxygens (including phenoxy) is 1. The molecule has 0 aromatic carbocycles. The fourth-order valence-corrected chi connectivity index (χ4v) is 4.34. The molecule has 84 valence electrons. The Kier molecular flexibility index (Phi) is 1.76. The van der Waals surface area contributed by atoms with Gasteiger partial charge in [0.1, 0.15) is 0 Å². The van der Waals surface area contributed by atoms with Gasteiger partial charge in [0.2, 0.25) is 0 Å². The van der Waals surface area contributed by atoms with Crippen LogP contribution in [0.25, 0.3) is 0 Å². The summed E-state index contributed by atoms with van der Waals surface area (Å²) in [6.07, 6.45) is 10.00. The lowest BCUT2D eigenvalue weighted by Gasteiger charge is -2.64. The minimum Gasteiger partial charge on any atom is -0.580 e. The highest BCUT2D eigenvalue weighted by molar-refractivity contribution is 5.22. The van der Waals surface area contributed by atoms with Crippen LogP contribution in [0.5, 0.6) is 0 Å². The molecule has 4 atom stereocenters. The first-order valence-electron chi connectivity index (χ1n) is 6.25. The van der Waals surface area contributed by atoms with Crippen LogP contribution in [0.2, 0.25) is 0 Å². The fourth-order valence-electron chi connectivity index (χ4n) is 4.34. The van der Waals surface area contributed by atoms with Gasteiger partial charge in [-0.15, -0.1) is 6.92 Å². The molecule has 3 fully saturated rings. The van der Waals surface area contributed by atoms with Crippen molar-refractivity contribution in [2.75, 3.05) is 0 Å². The molecular weight excluding hydrogens is 184 g/mol. The van der Waals surface area contributed by atoms with Crippen LogP contribution in [0.4, 0.5) is 0 Å². The van der Waals surface area contributed by atoms with E-state index in [1.165, 1.54) is 31.4 Å². The summed E-state index contributed by atoms with van der Waals surface area (Å²) < 4.78 is 6.15. The predicted molar refractivity (Wildman–Crippen MR) is 61.1 cm³/mol. The third-order valence-corrected chi connectivity index (χ3v) is 5.57. The van der Waals surface area contributed by atoms with Gasteiger partial charge in [0.25, 0.3) is 0 Å². The Morgan fingerprint density at radius 1 is 1.47 bits per heavy atom. The smallest absolute Gasteiger partial charge is 0.0812 e. The fraction of sp³-hybridized carbons (Fsp3) is 0.786. The largest absolute Gasteiger partial charge is 0.580 e. The molecular formula is C14H21O-. The predicted octanol–water partition coefficient (Wildman–Crippen LogP) is 3.71. The van der Waals surface area contributed by atoms with Crippen LogP contribution < -0.4 is 0 Å². The van der Waals surface area contributed by atoms with Gasteiger partial charge in [0.15, 0.2) is 0 Å². The van der Waals surface area contributed by atoms with Crippen LogP contribution in [0.15, 0.2) is 11.8 Å². The molecule has 4 unspecified atom stereocenters. The number of allylic oxidation sites excluding steroid dienone is 2. The summed E-state index contributed by atoms with van der Waals surface area (Å²) in [7, 11) is 0. The Morgan fingerprint density at radius 3 is 3.00 bits per heavy atom.